The van der Waals surface area contributed by atoms with Crippen LogP contribution >= 0.6 is 0 Å². The van der Waals surface area contributed by atoms with E-state index in [0.717, 1.165) is 61.4 Å². The van der Waals surface area contributed by atoms with Crippen molar-refractivity contribution in [3.8, 4) is 0 Å². The van der Waals surface area contributed by atoms with E-state index in [1.807, 2.05) is 24.3 Å². The normalized spacial score (nSPS) is 20.5. The van der Waals surface area contributed by atoms with E-state index in [0.29, 0.717) is 6.54 Å². The van der Waals surface area contributed by atoms with E-state index in [-0.39, 0.29) is 0 Å². The van der Waals surface area contributed by atoms with E-state index < -0.39 is 5.60 Å². The molecule has 24 heavy (non-hydrogen) atoms. The van der Waals surface area contributed by atoms with Crippen molar-refractivity contribution < 1.29 is 5.11 Å². The maximum Gasteiger partial charge on any atom is 0.172 e. The molecule has 0 amide bonds. The lowest BCUT2D eigenvalue weighted by Gasteiger charge is -2.32. The van der Waals surface area contributed by atoms with Crippen LogP contribution in [0.2, 0.25) is 0 Å². The lowest BCUT2D eigenvalue weighted by molar-refractivity contribution is 0.0166. The first kappa shape index (κ1) is 15.6. The van der Waals surface area contributed by atoms with Crippen molar-refractivity contribution >= 4 is 22.7 Å². The summed E-state index contributed by atoms with van der Waals surface area (Å²) in [5.74, 6) is 1.75. The van der Waals surface area contributed by atoms with Crippen LogP contribution in [0.3, 0.4) is 0 Å². The molecule has 2 aromatic rings. The van der Waals surface area contributed by atoms with Gasteiger partial charge in [-0.3, -0.25) is 0 Å². The summed E-state index contributed by atoms with van der Waals surface area (Å²) in [5, 5.41) is 14.2. The topological polar surface area (TPSA) is 61.3 Å². The van der Waals surface area contributed by atoms with Crippen molar-refractivity contribution in [1.82, 2.24) is 9.97 Å². The minimum Gasteiger partial charge on any atom is -0.388 e. The predicted octanol–water partition coefficient (Wildman–Crippen LogP) is 3.34. The minimum atomic E-state index is -0.603. The number of anilines is 2. The fourth-order valence-electron chi connectivity index (χ4n) is 3.89. The fraction of sp³-hybridized carbons (Fsp3) is 0.579. The lowest BCUT2D eigenvalue weighted by Crippen LogP contribution is -2.39. The van der Waals surface area contributed by atoms with Crippen LogP contribution in [0.15, 0.2) is 24.3 Å². The predicted molar refractivity (Wildman–Crippen MR) is 97.5 cm³/mol. The molecule has 128 valence electrons. The Balaban J connectivity index is 1.63. The molecule has 4 rings (SSSR count). The van der Waals surface area contributed by atoms with Gasteiger partial charge in [-0.05, 0) is 37.8 Å². The monoisotopic (exact) mass is 326 g/mol. The SMILES string of the molecule is OC1(CNc2nc3ccccc3nc2N2CCCC2)CCCCC1. The number of nitrogens with one attached hydrogen (secondary N) is 1. The van der Waals surface area contributed by atoms with Crippen LogP contribution in [-0.4, -0.2) is 40.3 Å². The second kappa shape index (κ2) is 6.55. The number of aromatic nitrogens is 2. The highest BCUT2D eigenvalue weighted by Crippen LogP contribution is 2.31. The second-order valence-corrected chi connectivity index (χ2v) is 7.22. The number of aliphatic hydroxyl groups is 1. The van der Waals surface area contributed by atoms with E-state index in [1.54, 1.807) is 0 Å². The lowest BCUT2D eigenvalue weighted by atomic mass is 9.85. The smallest absolute Gasteiger partial charge is 0.172 e. The zero-order valence-corrected chi connectivity index (χ0v) is 14.2. The Bertz CT molecular complexity index is 706. The molecule has 0 radical (unpaired) electrons. The van der Waals surface area contributed by atoms with Crippen LogP contribution in [0.1, 0.15) is 44.9 Å². The molecule has 0 spiro atoms. The molecule has 5 nitrogen and oxygen atoms in total. The van der Waals surface area contributed by atoms with Gasteiger partial charge < -0.3 is 15.3 Å². The molecule has 2 N–H and O–H groups in total. The van der Waals surface area contributed by atoms with Gasteiger partial charge in [0, 0.05) is 19.6 Å². The van der Waals surface area contributed by atoms with Gasteiger partial charge in [0.05, 0.1) is 16.6 Å². The third kappa shape index (κ3) is 3.18. The van der Waals surface area contributed by atoms with Crippen LogP contribution in [0.25, 0.3) is 11.0 Å². The molecule has 1 aliphatic carbocycles. The Kier molecular flexibility index (Phi) is 4.27. The van der Waals surface area contributed by atoms with E-state index in [1.165, 1.54) is 19.3 Å². The summed E-state index contributed by atoms with van der Waals surface area (Å²) in [6, 6.07) is 8.00. The molecule has 2 heterocycles. The third-order valence-corrected chi connectivity index (χ3v) is 5.33. The average molecular weight is 326 g/mol. The van der Waals surface area contributed by atoms with Gasteiger partial charge in [-0.25, -0.2) is 9.97 Å². The van der Waals surface area contributed by atoms with E-state index in [4.69, 9.17) is 9.97 Å². The molecule has 1 aromatic heterocycles. The van der Waals surface area contributed by atoms with Gasteiger partial charge in [-0.15, -0.1) is 0 Å². The van der Waals surface area contributed by atoms with Crippen LogP contribution in [0.5, 0.6) is 0 Å². The fourth-order valence-corrected chi connectivity index (χ4v) is 3.89. The molecule has 0 atom stereocenters. The summed E-state index contributed by atoms with van der Waals surface area (Å²) < 4.78 is 0. The van der Waals surface area contributed by atoms with Crippen molar-refractivity contribution in [2.45, 2.75) is 50.5 Å². The van der Waals surface area contributed by atoms with Crippen molar-refractivity contribution in [3.63, 3.8) is 0 Å². The molecule has 0 bridgehead atoms. The summed E-state index contributed by atoms with van der Waals surface area (Å²) >= 11 is 0. The average Bonchev–Trinajstić information content (AvgIpc) is 3.14. The number of fused-ring (bicyclic) bond motifs is 1. The van der Waals surface area contributed by atoms with Gasteiger partial charge in [-0.1, -0.05) is 31.4 Å². The van der Waals surface area contributed by atoms with Gasteiger partial charge in [0.15, 0.2) is 11.6 Å². The van der Waals surface area contributed by atoms with Gasteiger partial charge in [0.25, 0.3) is 0 Å². The maximum atomic E-state index is 10.8. The molecule has 2 fully saturated rings. The molecular formula is C19H26N4O. The Morgan fingerprint density at radius 1 is 0.958 bits per heavy atom. The first-order valence-corrected chi connectivity index (χ1v) is 9.22. The summed E-state index contributed by atoms with van der Waals surface area (Å²) in [4.78, 5) is 12.0. The van der Waals surface area contributed by atoms with Crippen LogP contribution in [-0.2, 0) is 0 Å². The Morgan fingerprint density at radius 3 is 2.33 bits per heavy atom. The van der Waals surface area contributed by atoms with Crippen molar-refractivity contribution in [3.05, 3.63) is 24.3 Å². The third-order valence-electron chi connectivity index (χ3n) is 5.33. The van der Waals surface area contributed by atoms with Crippen LogP contribution in [0.4, 0.5) is 11.6 Å². The molecule has 2 aliphatic rings. The molecule has 1 aromatic carbocycles. The zero-order valence-electron chi connectivity index (χ0n) is 14.2. The zero-order chi connectivity index (χ0) is 16.4. The maximum absolute atomic E-state index is 10.8. The number of rotatable bonds is 4. The van der Waals surface area contributed by atoms with Crippen molar-refractivity contribution in [2.75, 3.05) is 29.9 Å². The minimum absolute atomic E-state index is 0.556. The largest absolute Gasteiger partial charge is 0.388 e. The Morgan fingerprint density at radius 2 is 1.62 bits per heavy atom. The highest BCUT2D eigenvalue weighted by Gasteiger charge is 2.30. The first-order valence-electron chi connectivity index (χ1n) is 9.22. The molecule has 1 aliphatic heterocycles. The summed E-state index contributed by atoms with van der Waals surface area (Å²) in [7, 11) is 0. The highest BCUT2D eigenvalue weighted by molar-refractivity contribution is 5.80. The Labute approximate surface area is 143 Å². The van der Waals surface area contributed by atoms with E-state index >= 15 is 0 Å². The molecule has 1 saturated carbocycles. The molecule has 0 unspecified atom stereocenters. The van der Waals surface area contributed by atoms with Gasteiger partial charge >= 0.3 is 0 Å². The number of benzene rings is 1. The summed E-state index contributed by atoms with van der Waals surface area (Å²) in [6.45, 7) is 2.62. The number of nitrogens with zero attached hydrogens (tertiary/aromatic N) is 3. The van der Waals surface area contributed by atoms with Gasteiger partial charge in [-0.2, -0.15) is 0 Å². The first-order chi connectivity index (χ1) is 11.7. The second-order valence-electron chi connectivity index (χ2n) is 7.22. The summed E-state index contributed by atoms with van der Waals surface area (Å²) in [6.07, 6.45) is 7.62. The number of hydrogen-bond donors (Lipinski definition) is 2. The van der Waals surface area contributed by atoms with Crippen molar-refractivity contribution in [1.29, 1.82) is 0 Å². The Hall–Kier alpha value is -1.88. The van der Waals surface area contributed by atoms with Gasteiger partial charge in [0.1, 0.15) is 0 Å². The van der Waals surface area contributed by atoms with Gasteiger partial charge in [0.2, 0.25) is 0 Å². The summed E-state index contributed by atoms with van der Waals surface area (Å²) in [5.41, 5.74) is 1.23. The quantitative estimate of drug-likeness (QED) is 0.902. The number of hydrogen-bond acceptors (Lipinski definition) is 5. The van der Waals surface area contributed by atoms with E-state index in [2.05, 4.69) is 10.2 Å². The standard InChI is InChI=1S/C19H26N4O/c24-19(10-4-1-5-11-19)14-20-17-18(23-12-6-7-13-23)22-16-9-3-2-8-15(16)21-17/h2-3,8-9,24H,1,4-7,10-14H2,(H,20,21). The highest BCUT2D eigenvalue weighted by atomic mass is 16.3. The van der Waals surface area contributed by atoms with Crippen LogP contribution in [0, 0.1) is 0 Å². The van der Waals surface area contributed by atoms with Crippen LogP contribution < -0.4 is 10.2 Å². The molecular weight excluding hydrogens is 300 g/mol. The van der Waals surface area contributed by atoms with Crippen molar-refractivity contribution in [2.24, 2.45) is 0 Å². The number of para-hydroxylation sites is 2. The molecule has 1 saturated heterocycles. The molecule has 5 heteroatoms. The van der Waals surface area contributed by atoms with E-state index in [9.17, 15) is 5.11 Å².